The molecule has 0 radical (unpaired) electrons. The molecule has 112 valence electrons. The highest BCUT2D eigenvalue weighted by atomic mass is 32.2. The highest BCUT2D eigenvalue weighted by molar-refractivity contribution is 7.91. The molecule has 0 aromatic heterocycles. The number of hydrogen-bond acceptors (Lipinski definition) is 5. The van der Waals surface area contributed by atoms with Crippen LogP contribution in [0.2, 0.25) is 0 Å². The van der Waals surface area contributed by atoms with Gasteiger partial charge in [-0.3, -0.25) is 0 Å². The molecule has 0 bridgehead atoms. The number of hydrogen-bond donors (Lipinski definition) is 3. The van der Waals surface area contributed by atoms with E-state index in [1.54, 1.807) is 36.4 Å². The van der Waals surface area contributed by atoms with Gasteiger partial charge in [0.1, 0.15) is 0 Å². The van der Waals surface area contributed by atoms with E-state index in [4.69, 9.17) is 0 Å². The SMILES string of the molecule is O=S(=O)(c1cc(O)c(O)c(O)c1)c1cccc2ccccc12. The zero-order chi connectivity index (χ0) is 15.9. The number of phenolic OH excluding ortho intramolecular Hbond substituents is 3. The lowest BCUT2D eigenvalue weighted by atomic mass is 10.1. The Balaban J connectivity index is 2.30. The zero-order valence-electron chi connectivity index (χ0n) is 11.3. The van der Waals surface area contributed by atoms with E-state index in [2.05, 4.69) is 0 Å². The van der Waals surface area contributed by atoms with Crippen molar-refractivity contribution in [3.63, 3.8) is 0 Å². The van der Waals surface area contributed by atoms with E-state index < -0.39 is 27.1 Å². The predicted molar refractivity (Wildman–Crippen MR) is 80.8 cm³/mol. The van der Waals surface area contributed by atoms with Crippen molar-refractivity contribution in [1.82, 2.24) is 0 Å². The Labute approximate surface area is 126 Å². The highest BCUT2D eigenvalue weighted by Crippen LogP contribution is 2.39. The first kappa shape index (κ1) is 14.2. The summed E-state index contributed by atoms with van der Waals surface area (Å²) in [7, 11) is -3.96. The minimum atomic E-state index is -3.96. The molecule has 3 aromatic rings. The molecule has 0 aliphatic carbocycles. The van der Waals surface area contributed by atoms with E-state index in [1.807, 2.05) is 0 Å². The van der Waals surface area contributed by atoms with E-state index in [0.717, 1.165) is 17.5 Å². The minimum Gasteiger partial charge on any atom is -0.504 e. The van der Waals surface area contributed by atoms with E-state index in [0.29, 0.717) is 5.39 Å². The lowest BCUT2D eigenvalue weighted by molar-refractivity contribution is 0.366. The Morgan fingerprint density at radius 2 is 1.36 bits per heavy atom. The molecule has 0 heterocycles. The van der Waals surface area contributed by atoms with Gasteiger partial charge in [0, 0.05) is 17.5 Å². The first-order valence-corrected chi connectivity index (χ1v) is 7.87. The monoisotopic (exact) mass is 316 g/mol. The van der Waals surface area contributed by atoms with Crippen LogP contribution in [-0.2, 0) is 9.84 Å². The van der Waals surface area contributed by atoms with Crippen molar-refractivity contribution in [1.29, 1.82) is 0 Å². The quantitative estimate of drug-likeness (QED) is 0.632. The summed E-state index contributed by atoms with van der Waals surface area (Å²) in [6, 6.07) is 13.7. The number of fused-ring (bicyclic) bond motifs is 1. The lowest BCUT2D eigenvalue weighted by Crippen LogP contribution is -2.02. The van der Waals surface area contributed by atoms with Crippen LogP contribution in [0.1, 0.15) is 0 Å². The van der Waals surface area contributed by atoms with Gasteiger partial charge in [-0.1, -0.05) is 36.4 Å². The van der Waals surface area contributed by atoms with Crippen molar-refractivity contribution in [3.8, 4) is 17.2 Å². The van der Waals surface area contributed by atoms with Crippen LogP contribution >= 0.6 is 0 Å². The van der Waals surface area contributed by atoms with Crippen molar-refractivity contribution in [2.75, 3.05) is 0 Å². The van der Waals surface area contributed by atoms with Crippen LogP contribution in [0.25, 0.3) is 10.8 Å². The van der Waals surface area contributed by atoms with Crippen molar-refractivity contribution in [3.05, 3.63) is 54.6 Å². The number of rotatable bonds is 2. The van der Waals surface area contributed by atoms with E-state index >= 15 is 0 Å². The molecule has 0 aliphatic rings. The standard InChI is InChI=1S/C16H12O5S/c17-13-8-11(9-14(18)16(13)19)22(20,21)15-7-3-5-10-4-1-2-6-12(10)15/h1-9,17-19H. The van der Waals surface area contributed by atoms with Gasteiger partial charge in [0.25, 0.3) is 0 Å². The molecule has 0 aliphatic heterocycles. The van der Waals surface area contributed by atoms with Crippen LogP contribution in [0.4, 0.5) is 0 Å². The van der Waals surface area contributed by atoms with Gasteiger partial charge in [-0.15, -0.1) is 0 Å². The first-order chi connectivity index (χ1) is 10.4. The molecule has 6 heteroatoms. The fraction of sp³-hybridized carbons (Fsp3) is 0. The summed E-state index contributed by atoms with van der Waals surface area (Å²) in [5.74, 6) is -2.14. The van der Waals surface area contributed by atoms with Gasteiger partial charge in [0.15, 0.2) is 17.2 Å². The third-order valence-corrected chi connectivity index (χ3v) is 5.18. The summed E-state index contributed by atoms with van der Waals surface area (Å²) in [4.78, 5) is -0.230. The van der Waals surface area contributed by atoms with E-state index in [9.17, 15) is 23.7 Å². The Kier molecular flexibility index (Phi) is 3.18. The summed E-state index contributed by atoms with van der Waals surface area (Å²) in [6.45, 7) is 0. The van der Waals surface area contributed by atoms with Crippen LogP contribution in [-0.4, -0.2) is 23.7 Å². The van der Waals surface area contributed by atoms with Crippen molar-refractivity contribution in [2.45, 2.75) is 9.79 Å². The highest BCUT2D eigenvalue weighted by Gasteiger charge is 2.23. The van der Waals surface area contributed by atoms with Crippen molar-refractivity contribution in [2.24, 2.45) is 0 Å². The largest absolute Gasteiger partial charge is 0.504 e. The molecule has 0 atom stereocenters. The van der Waals surface area contributed by atoms with Gasteiger partial charge in [0.05, 0.1) is 9.79 Å². The Hall–Kier alpha value is -2.73. The fourth-order valence-electron chi connectivity index (χ4n) is 2.29. The number of phenols is 3. The molecule has 0 spiro atoms. The summed E-state index contributed by atoms with van der Waals surface area (Å²) >= 11 is 0. The summed E-state index contributed by atoms with van der Waals surface area (Å²) in [5.41, 5.74) is 0. The molecule has 0 fully saturated rings. The summed E-state index contributed by atoms with van der Waals surface area (Å²) in [6.07, 6.45) is 0. The van der Waals surface area contributed by atoms with Gasteiger partial charge in [-0.05, 0) is 11.5 Å². The molecule has 3 N–H and O–H groups in total. The average Bonchev–Trinajstić information content (AvgIpc) is 2.51. The summed E-state index contributed by atoms with van der Waals surface area (Å²) < 4.78 is 25.5. The minimum absolute atomic E-state index is 0.0649. The van der Waals surface area contributed by atoms with Crippen LogP contribution in [0.3, 0.4) is 0 Å². The Bertz CT molecular complexity index is 948. The van der Waals surface area contributed by atoms with Gasteiger partial charge < -0.3 is 15.3 Å². The predicted octanol–water partition coefficient (Wildman–Crippen LogP) is 2.79. The normalized spacial score (nSPS) is 11.6. The average molecular weight is 316 g/mol. The van der Waals surface area contributed by atoms with E-state index in [-0.39, 0.29) is 9.79 Å². The van der Waals surface area contributed by atoms with Crippen LogP contribution in [0.5, 0.6) is 17.2 Å². The summed E-state index contributed by atoms with van der Waals surface area (Å²) in [5, 5.41) is 29.7. The molecule has 3 aromatic carbocycles. The second-order valence-electron chi connectivity index (χ2n) is 4.79. The van der Waals surface area contributed by atoms with Crippen LogP contribution in [0, 0.1) is 0 Å². The topological polar surface area (TPSA) is 94.8 Å². The zero-order valence-corrected chi connectivity index (χ0v) is 12.1. The maximum atomic E-state index is 12.8. The van der Waals surface area contributed by atoms with Gasteiger partial charge in [0.2, 0.25) is 9.84 Å². The Morgan fingerprint density at radius 1 is 0.773 bits per heavy atom. The third kappa shape index (κ3) is 2.14. The fourth-order valence-corrected chi connectivity index (χ4v) is 3.81. The smallest absolute Gasteiger partial charge is 0.207 e. The van der Waals surface area contributed by atoms with Crippen LogP contribution in [0.15, 0.2) is 64.4 Å². The van der Waals surface area contributed by atoms with Gasteiger partial charge >= 0.3 is 0 Å². The molecule has 0 saturated heterocycles. The van der Waals surface area contributed by atoms with Crippen LogP contribution < -0.4 is 0 Å². The third-order valence-electron chi connectivity index (χ3n) is 3.39. The lowest BCUT2D eigenvalue weighted by Gasteiger charge is -2.10. The number of benzene rings is 3. The molecule has 0 amide bonds. The molecule has 0 saturated carbocycles. The van der Waals surface area contributed by atoms with Gasteiger partial charge in [-0.2, -0.15) is 0 Å². The molecular weight excluding hydrogens is 304 g/mol. The van der Waals surface area contributed by atoms with E-state index in [1.165, 1.54) is 6.07 Å². The first-order valence-electron chi connectivity index (χ1n) is 6.39. The second-order valence-corrected chi connectivity index (χ2v) is 6.71. The Morgan fingerprint density at radius 3 is 2.05 bits per heavy atom. The molecule has 22 heavy (non-hydrogen) atoms. The number of sulfone groups is 1. The van der Waals surface area contributed by atoms with Crippen molar-refractivity contribution < 1.29 is 23.7 Å². The maximum Gasteiger partial charge on any atom is 0.207 e. The maximum absolute atomic E-state index is 12.8. The molecule has 0 unspecified atom stereocenters. The molecular formula is C16H12O5S. The molecule has 5 nitrogen and oxygen atoms in total. The van der Waals surface area contributed by atoms with Gasteiger partial charge in [-0.25, -0.2) is 8.42 Å². The number of aromatic hydroxyl groups is 3. The van der Waals surface area contributed by atoms with Crippen molar-refractivity contribution >= 4 is 20.6 Å². The second kappa shape index (κ2) is 4.92. The molecule has 3 rings (SSSR count).